The molecule has 1 amide bonds. The topological polar surface area (TPSA) is 79.4 Å². The van der Waals surface area contributed by atoms with E-state index in [1.807, 2.05) is 49.4 Å². The van der Waals surface area contributed by atoms with Crippen molar-refractivity contribution in [2.45, 2.75) is 19.8 Å². The number of nitrogens with zero attached hydrogens (tertiary/aromatic N) is 3. The number of aromatic nitrogens is 2. The largest absolute Gasteiger partial charge is 0.493 e. The third kappa shape index (κ3) is 4.45. The Kier molecular flexibility index (Phi) is 6.27. The Morgan fingerprint density at radius 2 is 1.93 bits per heavy atom. The van der Waals surface area contributed by atoms with Gasteiger partial charge in [-0.2, -0.15) is 0 Å². The Bertz CT molecular complexity index is 1020. The average Bonchev–Trinajstić information content (AvgIpc) is 3.32. The quantitative estimate of drug-likeness (QED) is 0.559. The molecule has 3 aromatic rings. The minimum Gasteiger partial charge on any atom is -0.493 e. The first-order chi connectivity index (χ1) is 14.8. The Morgan fingerprint density at radius 1 is 1.10 bits per heavy atom. The lowest BCUT2D eigenvalue weighted by molar-refractivity contribution is 0.0953. The van der Waals surface area contributed by atoms with E-state index in [9.17, 15) is 4.79 Å². The lowest BCUT2D eigenvalue weighted by atomic mass is 10.0. The van der Waals surface area contributed by atoms with E-state index >= 15 is 0 Å². The maximum absolute atomic E-state index is 12.9. The zero-order valence-corrected chi connectivity index (χ0v) is 17.2. The molecule has 1 aliphatic heterocycles. The zero-order chi connectivity index (χ0) is 20.8. The number of benzene rings is 2. The highest BCUT2D eigenvalue weighted by molar-refractivity contribution is 6.09. The first kappa shape index (κ1) is 19.9. The van der Waals surface area contributed by atoms with Crippen molar-refractivity contribution in [2.24, 2.45) is 0 Å². The molecule has 0 saturated carbocycles. The van der Waals surface area contributed by atoms with Crippen molar-refractivity contribution in [2.75, 3.05) is 43.0 Å². The van der Waals surface area contributed by atoms with Crippen LogP contribution < -0.4 is 20.3 Å². The minimum atomic E-state index is -0.141. The van der Waals surface area contributed by atoms with Crippen LogP contribution in [0.15, 0.2) is 48.8 Å². The third-order valence-corrected chi connectivity index (χ3v) is 5.22. The molecule has 0 aliphatic carbocycles. The molecule has 30 heavy (non-hydrogen) atoms. The molecule has 0 atom stereocenters. The zero-order valence-electron chi connectivity index (χ0n) is 17.2. The molecule has 1 aliphatic rings. The summed E-state index contributed by atoms with van der Waals surface area (Å²) in [7, 11) is 0. The van der Waals surface area contributed by atoms with Crippen molar-refractivity contribution in [1.29, 1.82) is 0 Å². The minimum absolute atomic E-state index is 0.141. The van der Waals surface area contributed by atoms with Gasteiger partial charge in [0.15, 0.2) is 0 Å². The number of carbonyl (C=O) groups is 1. The summed E-state index contributed by atoms with van der Waals surface area (Å²) in [6.07, 6.45) is 3.99. The number of hydrogen-bond acceptors (Lipinski definition) is 6. The SMILES string of the molecule is CCOc1ccc2ccccc2c1C(=O)NCCNc1cc(N2CCCC2)ncn1. The van der Waals surface area contributed by atoms with Gasteiger partial charge in [0, 0.05) is 32.2 Å². The second-order valence-corrected chi connectivity index (χ2v) is 7.23. The molecule has 1 fully saturated rings. The molecule has 2 N–H and O–H groups in total. The van der Waals surface area contributed by atoms with Gasteiger partial charge in [0.2, 0.25) is 0 Å². The van der Waals surface area contributed by atoms with Gasteiger partial charge in [-0.05, 0) is 36.6 Å². The van der Waals surface area contributed by atoms with Gasteiger partial charge in [0.1, 0.15) is 23.7 Å². The van der Waals surface area contributed by atoms with Crippen LogP contribution in [-0.4, -0.2) is 48.7 Å². The highest BCUT2D eigenvalue weighted by Gasteiger charge is 2.17. The summed E-state index contributed by atoms with van der Waals surface area (Å²) in [5.74, 6) is 2.18. The fourth-order valence-electron chi connectivity index (χ4n) is 3.78. The highest BCUT2D eigenvalue weighted by atomic mass is 16.5. The van der Waals surface area contributed by atoms with Crippen molar-refractivity contribution in [3.63, 3.8) is 0 Å². The van der Waals surface area contributed by atoms with E-state index in [1.165, 1.54) is 12.8 Å². The Labute approximate surface area is 176 Å². The van der Waals surface area contributed by atoms with Crippen LogP contribution in [-0.2, 0) is 0 Å². The van der Waals surface area contributed by atoms with E-state index in [1.54, 1.807) is 6.33 Å². The predicted octanol–water partition coefficient (Wildman–Crippen LogP) is 3.47. The summed E-state index contributed by atoms with van der Waals surface area (Å²) < 4.78 is 5.71. The van der Waals surface area contributed by atoms with Crippen LogP contribution in [0, 0.1) is 0 Å². The maximum atomic E-state index is 12.9. The molecule has 0 unspecified atom stereocenters. The van der Waals surface area contributed by atoms with Gasteiger partial charge in [-0.15, -0.1) is 0 Å². The van der Waals surface area contributed by atoms with E-state index in [-0.39, 0.29) is 5.91 Å². The van der Waals surface area contributed by atoms with Gasteiger partial charge in [-0.1, -0.05) is 30.3 Å². The smallest absolute Gasteiger partial charge is 0.255 e. The number of carbonyl (C=O) groups excluding carboxylic acids is 1. The van der Waals surface area contributed by atoms with Crippen LogP contribution in [0.3, 0.4) is 0 Å². The van der Waals surface area contributed by atoms with Crippen molar-refractivity contribution in [1.82, 2.24) is 15.3 Å². The lowest BCUT2D eigenvalue weighted by Gasteiger charge is -2.17. The molecule has 7 nitrogen and oxygen atoms in total. The average molecular weight is 406 g/mol. The van der Waals surface area contributed by atoms with Crippen LogP contribution >= 0.6 is 0 Å². The molecule has 0 bridgehead atoms. The fraction of sp³-hybridized carbons (Fsp3) is 0.348. The summed E-state index contributed by atoms with van der Waals surface area (Å²) in [6, 6.07) is 13.6. The Balaban J connectivity index is 1.38. The second-order valence-electron chi connectivity index (χ2n) is 7.23. The van der Waals surface area contributed by atoms with E-state index in [0.717, 1.165) is 35.5 Å². The fourth-order valence-corrected chi connectivity index (χ4v) is 3.78. The molecule has 1 saturated heterocycles. The number of amides is 1. The van der Waals surface area contributed by atoms with E-state index in [2.05, 4.69) is 25.5 Å². The van der Waals surface area contributed by atoms with Gasteiger partial charge in [-0.25, -0.2) is 9.97 Å². The first-order valence-electron chi connectivity index (χ1n) is 10.5. The molecule has 1 aromatic heterocycles. The van der Waals surface area contributed by atoms with Gasteiger partial charge in [0.05, 0.1) is 12.2 Å². The number of nitrogens with one attached hydrogen (secondary N) is 2. The van der Waals surface area contributed by atoms with Gasteiger partial charge in [0.25, 0.3) is 5.91 Å². The van der Waals surface area contributed by atoms with Crippen LogP contribution in [0.2, 0.25) is 0 Å². The summed E-state index contributed by atoms with van der Waals surface area (Å²) in [4.78, 5) is 23.9. The van der Waals surface area contributed by atoms with Gasteiger partial charge >= 0.3 is 0 Å². The number of ether oxygens (including phenoxy) is 1. The molecule has 2 aromatic carbocycles. The number of fused-ring (bicyclic) bond motifs is 1. The summed E-state index contributed by atoms with van der Waals surface area (Å²) >= 11 is 0. The third-order valence-electron chi connectivity index (χ3n) is 5.22. The summed E-state index contributed by atoms with van der Waals surface area (Å²) in [5, 5.41) is 8.17. The second kappa shape index (κ2) is 9.43. The highest BCUT2D eigenvalue weighted by Crippen LogP contribution is 2.28. The van der Waals surface area contributed by atoms with Gasteiger partial charge in [-0.3, -0.25) is 4.79 Å². The monoisotopic (exact) mass is 405 g/mol. The molecule has 156 valence electrons. The van der Waals surface area contributed by atoms with Crippen LogP contribution in [0.5, 0.6) is 5.75 Å². The van der Waals surface area contributed by atoms with Crippen molar-refractivity contribution < 1.29 is 9.53 Å². The molecule has 4 rings (SSSR count). The van der Waals surface area contributed by atoms with E-state index in [0.29, 0.717) is 31.0 Å². The van der Waals surface area contributed by atoms with Crippen molar-refractivity contribution in [3.8, 4) is 5.75 Å². The number of rotatable bonds is 8. The van der Waals surface area contributed by atoms with E-state index < -0.39 is 0 Å². The predicted molar refractivity (Wildman–Crippen MR) is 119 cm³/mol. The standard InChI is InChI=1S/C23H27N5O2/c1-2-30-19-10-9-17-7-3-4-8-18(17)22(19)23(29)25-12-11-24-20-15-21(27-16-26-20)28-13-5-6-14-28/h3-4,7-10,15-16H,2,5-6,11-14H2,1H3,(H,25,29)(H,24,26,27). The molecular formula is C23H27N5O2. The lowest BCUT2D eigenvalue weighted by Crippen LogP contribution is -2.29. The van der Waals surface area contributed by atoms with Crippen LogP contribution in [0.4, 0.5) is 11.6 Å². The number of hydrogen-bond donors (Lipinski definition) is 2. The first-order valence-corrected chi connectivity index (χ1v) is 10.5. The summed E-state index contributed by atoms with van der Waals surface area (Å²) in [5.41, 5.74) is 0.577. The van der Waals surface area contributed by atoms with Crippen LogP contribution in [0.25, 0.3) is 10.8 Å². The Hall–Kier alpha value is -3.35. The summed E-state index contributed by atoms with van der Waals surface area (Å²) in [6.45, 7) is 5.54. The maximum Gasteiger partial charge on any atom is 0.255 e. The molecule has 2 heterocycles. The molecule has 7 heteroatoms. The van der Waals surface area contributed by atoms with Gasteiger partial charge < -0.3 is 20.3 Å². The van der Waals surface area contributed by atoms with E-state index in [4.69, 9.17) is 4.74 Å². The molecule has 0 radical (unpaired) electrons. The molecule has 0 spiro atoms. The van der Waals surface area contributed by atoms with Crippen molar-refractivity contribution >= 4 is 28.3 Å². The number of anilines is 2. The van der Waals surface area contributed by atoms with Crippen LogP contribution in [0.1, 0.15) is 30.1 Å². The Morgan fingerprint density at radius 3 is 2.77 bits per heavy atom. The van der Waals surface area contributed by atoms with Crippen molar-refractivity contribution in [3.05, 3.63) is 54.4 Å². The normalized spacial score (nSPS) is 13.4. The molecular weight excluding hydrogens is 378 g/mol.